The normalized spacial score (nSPS) is 13.7. The predicted octanol–water partition coefficient (Wildman–Crippen LogP) is 4.09. The van der Waals surface area contributed by atoms with Gasteiger partial charge in [0.2, 0.25) is 0 Å². The van der Waals surface area contributed by atoms with E-state index in [0.29, 0.717) is 0 Å². The number of aromatic nitrogens is 2. The molecule has 1 aliphatic heterocycles. The zero-order valence-electron chi connectivity index (χ0n) is 11.6. The molecule has 1 aliphatic rings. The van der Waals surface area contributed by atoms with E-state index < -0.39 is 0 Å². The van der Waals surface area contributed by atoms with Crippen molar-refractivity contribution in [3.63, 3.8) is 0 Å². The van der Waals surface area contributed by atoms with Gasteiger partial charge in [0.05, 0.1) is 16.3 Å². The second-order valence-corrected chi connectivity index (χ2v) is 5.70. The number of nitrogens with zero attached hydrogens (tertiary/aromatic N) is 1. The number of fused-ring (bicyclic) bond motifs is 1. The molecule has 0 bridgehead atoms. The van der Waals surface area contributed by atoms with Crippen molar-refractivity contribution in [1.29, 1.82) is 0 Å². The average molecular weight is 283 g/mol. The molecule has 3 rings (SSSR count). The van der Waals surface area contributed by atoms with Gasteiger partial charge in [-0.05, 0) is 35.6 Å². The third-order valence-electron chi connectivity index (χ3n) is 3.32. The first-order chi connectivity index (χ1) is 9.78. The summed E-state index contributed by atoms with van der Waals surface area (Å²) < 4.78 is 0. The van der Waals surface area contributed by atoms with Crippen molar-refractivity contribution in [2.75, 3.05) is 12.4 Å². The fourth-order valence-electron chi connectivity index (χ4n) is 2.25. The van der Waals surface area contributed by atoms with E-state index in [4.69, 9.17) is 0 Å². The van der Waals surface area contributed by atoms with Gasteiger partial charge in [0, 0.05) is 19.2 Å². The minimum Gasteiger partial charge on any atom is -0.388 e. The number of rotatable bonds is 3. The number of nitrogens with one attached hydrogen (secondary N) is 2. The molecule has 1 aromatic heterocycles. The van der Waals surface area contributed by atoms with Gasteiger partial charge in [0.25, 0.3) is 0 Å². The molecule has 4 heteroatoms. The third-order valence-corrected chi connectivity index (χ3v) is 4.34. The smallest absolute Gasteiger partial charge is 0.0991 e. The fourth-order valence-corrected chi connectivity index (χ4v) is 3.08. The van der Waals surface area contributed by atoms with Crippen LogP contribution in [0.4, 0.5) is 5.69 Å². The van der Waals surface area contributed by atoms with Crippen LogP contribution in [0.25, 0.3) is 12.2 Å². The van der Waals surface area contributed by atoms with Crippen molar-refractivity contribution in [3.8, 4) is 0 Å². The van der Waals surface area contributed by atoms with Gasteiger partial charge in [-0.3, -0.25) is 5.10 Å². The highest BCUT2D eigenvalue weighted by Crippen LogP contribution is 2.31. The molecule has 20 heavy (non-hydrogen) atoms. The third kappa shape index (κ3) is 2.51. The molecule has 0 saturated carbocycles. The van der Waals surface area contributed by atoms with Crippen LogP contribution < -0.4 is 5.32 Å². The molecule has 3 nitrogen and oxygen atoms in total. The van der Waals surface area contributed by atoms with E-state index in [0.717, 1.165) is 17.8 Å². The lowest BCUT2D eigenvalue weighted by atomic mass is 10.1. The maximum atomic E-state index is 4.39. The van der Waals surface area contributed by atoms with Crippen LogP contribution in [0.2, 0.25) is 0 Å². The monoisotopic (exact) mass is 283 g/mol. The number of thioether (sulfide) groups is 1. The van der Waals surface area contributed by atoms with Crippen molar-refractivity contribution in [2.45, 2.75) is 18.2 Å². The molecule has 2 N–H and O–H groups in total. The van der Waals surface area contributed by atoms with Crippen molar-refractivity contribution in [3.05, 3.63) is 52.2 Å². The maximum absolute atomic E-state index is 4.39. The molecule has 1 aromatic carbocycles. The van der Waals surface area contributed by atoms with E-state index >= 15 is 0 Å². The largest absolute Gasteiger partial charge is 0.388 e. The summed E-state index contributed by atoms with van der Waals surface area (Å²) in [7, 11) is 1.95. The molecular formula is C16H17N3S. The minimum absolute atomic E-state index is 0.940. The zero-order valence-corrected chi connectivity index (χ0v) is 12.4. The van der Waals surface area contributed by atoms with E-state index in [-0.39, 0.29) is 0 Å². The molecule has 2 aromatic rings. The van der Waals surface area contributed by atoms with Gasteiger partial charge in [-0.25, -0.2) is 0 Å². The molecule has 0 fully saturated rings. The highest BCUT2D eigenvalue weighted by atomic mass is 32.2. The number of H-pyrrole nitrogens is 1. The number of benzene rings is 1. The van der Waals surface area contributed by atoms with Gasteiger partial charge in [0.1, 0.15) is 0 Å². The number of hydrogen-bond donors (Lipinski definition) is 2. The summed E-state index contributed by atoms with van der Waals surface area (Å²) in [6.45, 7) is 2.10. The number of hydrogen-bond acceptors (Lipinski definition) is 3. The van der Waals surface area contributed by atoms with Gasteiger partial charge in [-0.1, -0.05) is 36.0 Å². The Morgan fingerprint density at radius 1 is 1.35 bits per heavy atom. The van der Waals surface area contributed by atoms with Crippen LogP contribution in [-0.2, 0) is 6.42 Å². The van der Waals surface area contributed by atoms with Crippen molar-refractivity contribution in [1.82, 2.24) is 10.2 Å². The van der Waals surface area contributed by atoms with Crippen LogP contribution in [0.5, 0.6) is 0 Å². The first-order valence-corrected chi connectivity index (χ1v) is 7.51. The first kappa shape index (κ1) is 13.1. The average Bonchev–Trinajstić information content (AvgIpc) is 2.89. The SMILES string of the molecule is CNc1cc(C)ccc1/C=C/c1n[nH]c2c1SC=CC2. The van der Waals surface area contributed by atoms with Crippen LogP contribution in [0.3, 0.4) is 0 Å². The summed E-state index contributed by atoms with van der Waals surface area (Å²) in [4.78, 5) is 1.24. The molecule has 0 aliphatic carbocycles. The molecule has 0 radical (unpaired) electrons. The summed E-state index contributed by atoms with van der Waals surface area (Å²) in [5.41, 5.74) is 5.78. The van der Waals surface area contributed by atoms with E-state index in [2.05, 4.69) is 64.3 Å². The molecule has 0 saturated heterocycles. The fraction of sp³-hybridized carbons (Fsp3) is 0.188. The maximum Gasteiger partial charge on any atom is 0.0991 e. The molecule has 102 valence electrons. The van der Waals surface area contributed by atoms with Gasteiger partial charge >= 0.3 is 0 Å². The Labute approximate surface area is 123 Å². The topological polar surface area (TPSA) is 40.7 Å². The zero-order chi connectivity index (χ0) is 13.9. The van der Waals surface area contributed by atoms with E-state index in [1.54, 1.807) is 11.8 Å². The van der Waals surface area contributed by atoms with Gasteiger partial charge in [-0.15, -0.1) is 0 Å². The van der Waals surface area contributed by atoms with Gasteiger partial charge in [-0.2, -0.15) is 5.10 Å². The number of allylic oxidation sites excluding steroid dienone is 1. The van der Waals surface area contributed by atoms with Crippen LogP contribution in [0.15, 0.2) is 34.6 Å². The Balaban J connectivity index is 1.90. The number of aryl methyl sites for hydroxylation is 1. The summed E-state index contributed by atoms with van der Waals surface area (Å²) in [6, 6.07) is 6.40. The Morgan fingerprint density at radius 2 is 2.25 bits per heavy atom. The molecule has 0 spiro atoms. The summed E-state index contributed by atoms with van der Waals surface area (Å²) >= 11 is 1.73. The van der Waals surface area contributed by atoms with Crippen molar-refractivity contribution in [2.24, 2.45) is 0 Å². The molecule has 0 unspecified atom stereocenters. The van der Waals surface area contributed by atoms with Crippen LogP contribution >= 0.6 is 11.8 Å². The quantitative estimate of drug-likeness (QED) is 0.891. The molecule has 0 amide bonds. The standard InChI is InChI=1S/C16H17N3S/c1-11-5-6-12(15(10-11)17-2)7-8-14-16-13(18-19-14)4-3-9-20-16/h3,5-10,17H,4H2,1-2H3,(H,18,19)/b8-7+. The number of anilines is 1. The Kier molecular flexibility index (Phi) is 3.65. The number of aromatic amines is 1. The van der Waals surface area contributed by atoms with E-state index in [1.807, 2.05) is 7.05 Å². The highest BCUT2D eigenvalue weighted by Gasteiger charge is 2.12. The van der Waals surface area contributed by atoms with E-state index in [1.165, 1.54) is 21.7 Å². The molecule has 0 atom stereocenters. The van der Waals surface area contributed by atoms with E-state index in [9.17, 15) is 0 Å². The van der Waals surface area contributed by atoms with Gasteiger partial charge < -0.3 is 5.32 Å². The Morgan fingerprint density at radius 3 is 3.10 bits per heavy atom. The lowest BCUT2D eigenvalue weighted by molar-refractivity contribution is 0.998. The van der Waals surface area contributed by atoms with Crippen LogP contribution in [-0.4, -0.2) is 17.2 Å². The van der Waals surface area contributed by atoms with Gasteiger partial charge in [0.15, 0.2) is 0 Å². The Hall–Kier alpha value is -1.94. The molecular weight excluding hydrogens is 266 g/mol. The molecule has 2 heterocycles. The second kappa shape index (κ2) is 5.59. The highest BCUT2D eigenvalue weighted by molar-refractivity contribution is 8.02. The summed E-state index contributed by atoms with van der Waals surface area (Å²) in [5, 5.41) is 12.9. The minimum atomic E-state index is 0.940. The van der Waals surface area contributed by atoms with Crippen LogP contribution in [0.1, 0.15) is 22.5 Å². The Bertz CT molecular complexity index is 683. The second-order valence-electron chi connectivity index (χ2n) is 4.78. The first-order valence-electron chi connectivity index (χ1n) is 6.63. The van der Waals surface area contributed by atoms with Crippen molar-refractivity contribution < 1.29 is 0 Å². The van der Waals surface area contributed by atoms with Crippen molar-refractivity contribution >= 4 is 29.6 Å². The summed E-state index contributed by atoms with van der Waals surface area (Å²) in [6.07, 6.45) is 7.28. The van der Waals surface area contributed by atoms with Crippen LogP contribution in [0, 0.1) is 6.92 Å². The lowest BCUT2D eigenvalue weighted by Crippen LogP contribution is -1.92. The summed E-state index contributed by atoms with van der Waals surface area (Å²) in [5.74, 6) is 0. The predicted molar refractivity (Wildman–Crippen MR) is 86.9 cm³/mol. The lowest BCUT2D eigenvalue weighted by Gasteiger charge is -2.06.